The molecule has 0 radical (unpaired) electrons. The number of aliphatic hydroxyl groups excluding tert-OH is 1. The Balaban J connectivity index is 2.12. The highest BCUT2D eigenvalue weighted by Crippen LogP contribution is 2.40. The van der Waals surface area contributed by atoms with Gasteiger partial charge in [-0.25, -0.2) is 0 Å². The lowest BCUT2D eigenvalue weighted by atomic mass is 9.93. The molecule has 6 heteroatoms. The average molecular weight is 451 g/mol. The molecule has 2 aromatic carbocycles. The van der Waals surface area contributed by atoms with Crippen LogP contribution in [-0.4, -0.2) is 59.9 Å². The van der Waals surface area contributed by atoms with Gasteiger partial charge in [0.05, 0.1) is 18.7 Å². The van der Waals surface area contributed by atoms with Crippen molar-refractivity contribution in [2.75, 3.05) is 33.3 Å². The first-order valence-corrected chi connectivity index (χ1v) is 11.6. The lowest BCUT2D eigenvalue weighted by Crippen LogP contribution is -2.38. The summed E-state index contributed by atoms with van der Waals surface area (Å²) in [5, 5.41) is 11.3. The smallest absolute Gasteiger partial charge is 0.295 e. The number of aryl methyl sites for hydroxylation is 2. The molecule has 3 rings (SSSR count). The first kappa shape index (κ1) is 24.5. The number of rotatable bonds is 9. The maximum absolute atomic E-state index is 13.2. The summed E-state index contributed by atoms with van der Waals surface area (Å²) in [4.78, 5) is 30.1. The number of hydrogen-bond donors (Lipinski definition) is 1. The van der Waals surface area contributed by atoms with Crippen LogP contribution in [0.4, 0.5) is 0 Å². The Hall–Kier alpha value is -3.12. The summed E-state index contributed by atoms with van der Waals surface area (Å²) in [6.45, 7) is 10.9. The maximum Gasteiger partial charge on any atom is 0.295 e. The number of hydrogen-bond acceptors (Lipinski definition) is 5. The van der Waals surface area contributed by atoms with E-state index in [1.165, 1.54) is 5.56 Å². The average Bonchev–Trinajstić information content (AvgIpc) is 3.09. The van der Waals surface area contributed by atoms with Gasteiger partial charge in [-0.15, -0.1) is 0 Å². The SMILES string of the molecule is CCc1ccc([C@H]2/C(=C(\O)c3ccc(OC)cc3C)C(=O)C(=O)N2CCN(CC)CC)cc1. The Kier molecular flexibility index (Phi) is 7.92. The molecule has 0 spiro atoms. The number of ketones is 1. The van der Waals surface area contributed by atoms with E-state index in [9.17, 15) is 14.7 Å². The van der Waals surface area contributed by atoms with E-state index in [2.05, 4.69) is 25.7 Å². The summed E-state index contributed by atoms with van der Waals surface area (Å²) in [6.07, 6.45) is 0.896. The van der Waals surface area contributed by atoms with E-state index < -0.39 is 17.7 Å². The molecule has 1 aliphatic heterocycles. The summed E-state index contributed by atoms with van der Waals surface area (Å²) >= 11 is 0. The third-order valence-electron chi connectivity index (χ3n) is 6.48. The van der Waals surface area contributed by atoms with Crippen LogP contribution < -0.4 is 4.74 Å². The second kappa shape index (κ2) is 10.7. The second-order valence-electron chi connectivity index (χ2n) is 8.30. The van der Waals surface area contributed by atoms with Crippen LogP contribution in [0.15, 0.2) is 48.0 Å². The minimum atomic E-state index is -0.646. The van der Waals surface area contributed by atoms with Crippen LogP contribution >= 0.6 is 0 Å². The molecule has 6 nitrogen and oxygen atoms in total. The number of likely N-dealkylation sites (N-methyl/N-ethyl adjacent to an activating group) is 1. The Morgan fingerprint density at radius 3 is 2.27 bits per heavy atom. The third-order valence-corrected chi connectivity index (χ3v) is 6.48. The Morgan fingerprint density at radius 1 is 1.06 bits per heavy atom. The van der Waals surface area contributed by atoms with Gasteiger partial charge in [0.15, 0.2) is 0 Å². The van der Waals surface area contributed by atoms with Gasteiger partial charge in [0, 0.05) is 18.7 Å². The molecule has 2 aromatic rings. The Labute approximate surface area is 196 Å². The second-order valence-corrected chi connectivity index (χ2v) is 8.30. The topological polar surface area (TPSA) is 70.1 Å². The number of amides is 1. The van der Waals surface area contributed by atoms with Crippen molar-refractivity contribution in [3.05, 3.63) is 70.3 Å². The fourth-order valence-corrected chi connectivity index (χ4v) is 4.36. The molecule has 176 valence electrons. The zero-order valence-electron chi connectivity index (χ0n) is 20.2. The molecule has 33 heavy (non-hydrogen) atoms. The number of ether oxygens (including phenoxy) is 1. The van der Waals surface area contributed by atoms with Crippen molar-refractivity contribution in [1.29, 1.82) is 0 Å². The third kappa shape index (κ3) is 4.96. The van der Waals surface area contributed by atoms with Crippen LogP contribution in [0.2, 0.25) is 0 Å². The summed E-state index contributed by atoms with van der Waals surface area (Å²) in [6, 6.07) is 12.6. The first-order valence-electron chi connectivity index (χ1n) is 11.6. The number of methoxy groups -OCH3 is 1. The molecule has 1 heterocycles. The lowest BCUT2D eigenvalue weighted by Gasteiger charge is -2.28. The molecule has 1 amide bonds. The fourth-order valence-electron chi connectivity index (χ4n) is 4.36. The van der Waals surface area contributed by atoms with E-state index in [0.29, 0.717) is 24.4 Å². The molecular formula is C27H34N2O4. The Bertz CT molecular complexity index is 1040. The van der Waals surface area contributed by atoms with E-state index in [1.54, 1.807) is 30.2 Å². The van der Waals surface area contributed by atoms with E-state index in [0.717, 1.165) is 30.6 Å². The highest BCUT2D eigenvalue weighted by molar-refractivity contribution is 6.46. The number of benzene rings is 2. The molecule has 0 aliphatic carbocycles. The zero-order chi connectivity index (χ0) is 24.1. The standard InChI is InChI=1S/C27H34N2O4/c1-6-19-9-11-20(12-10-19)24-23(25(30)22-14-13-21(33-5)17-18(22)4)26(31)27(32)29(24)16-15-28(7-2)8-3/h9-14,17,24,30H,6-8,15-16H2,1-5H3/b25-23+/t24-/m0/s1. The molecule has 0 saturated carbocycles. The van der Waals surface area contributed by atoms with E-state index in [-0.39, 0.29) is 11.3 Å². The van der Waals surface area contributed by atoms with Gasteiger partial charge in [0.1, 0.15) is 11.5 Å². The highest BCUT2D eigenvalue weighted by Gasteiger charge is 2.46. The van der Waals surface area contributed by atoms with Gasteiger partial charge < -0.3 is 19.6 Å². The molecule has 0 unspecified atom stereocenters. The minimum Gasteiger partial charge on any atom is -0.507 e. The fraction of sp³-hybridized carbons (Fsp3) is 0.407. The van der Waals surface area contributed by atoms with Crippen molar-refractivity contribution in [1.82, 2.24) is 9.80 Å². The van der Waals surface area contributed by atoms with Crippen molar-refractivity contribution in [3.8, 4) is 5.75 Å². The zero-order valence-corrected chi connectivity index (χ0v) is 20.2. The van der Waals surface area contributed by atoms with E-state index in [1.807, 2.05) is 31.2 Å². The number of aliphatic hydroxyl groups is 1. The van der Waals surface area contributed by atoms with Gasteiger partial charge in [-0.3, -0.25) is 9.59 Å². The van der Waals surface area contributed by atoms with Gasteiger partial charge in [0.2, 0.25) is 0 Å². The predicted molar refractivity (Wildman–Crippen MR) is 130 cm³/mol. The minimum absolute atomic E-state index is 0.136. The monoisotopic (exact) mass is 450 g/mol. The lowest BCUT2D eigenvalue weighted by molar-refractivity contribution is -0.140. The van der Waals surface area contributed by atoms with Crippen LogP contribution in [0, 0.1) is 6.92 Å². The first-order chi connectivity index (χ1) is 15.9. The molecule has 1 atom stereocenters. The van der Waals surface area contributed by atoms with Crippen LogP contribution in [0.1, 0.15) is 49.1 Å². The van der Waals surface area contributed by atoms with Crippen LogP contribution in [0.25, 0.3) is 5.76 Å². The van der Waals surface area contributed by atoms with Gasteiger partial charge in [-0.05, 0) is 61.3 Å². The summed E-state index contributed by atoms with van der Waals surface area (Å²) < 4.78 is 5.27. The molecule has 0 aromatic heterocycles. The van der Waals surface area contributed by atoms with Crippen LogP contribution in [0.5, 0.6) is 5.75 Å². The van der Waals surface area contributed by atoms with Gasteiger partial charge in [-0.2, -0.15) is 0 Å². The quantitative estimate of drug-likeness (QED) is 0.350. The number of likely N-dealkylation sites (tertiary alicyclic amines) is 1. The Morgan fingerprint density at radius 2 is 1.73 bits per heavy atom. The number of carbonyl (C=O) groups is 2. The number of nitrogens with zero attached hydrogens (tertiary/aromatic N) is 2. The molecule has 1 saturated heterocycles. The van der Waals surface area contributed by atoms with Crippen molar-refractivity contribution in [2.45, 2.75) is 40.2 Å². The van der Waals surface area contributed by atoms with Gasteiger partial charge in [0.25, 0.3) is 11.7 Å². The van der Waals surface area contributed by atoms with Crippen LogP contribution in [-0.2, 0) is 16.0 Å². The highest BCUT2D eigenvalue weighted by atomic mass is 16.5. The van der Waals surface area contributed by atoms with E-state index >= 15 is 0 Å². The van der Waals surface area contributed by atoms with Crippen molar-refractivity contribution in [3.63, 3.8) is 0 Å². The molecule has 1 fully saturated rings. The predicted octanol–water partition coefficient (Wildman–Crippen LogP) is 4.33. The van der Waals surface area contributed by atoms with E-state index in [4.69, 9.17) is 4.74 Å². The van der Waals surface area contributed by atoms with Crippen molar-refractivity contribution < 1.29 is 19.4 Å². The number of Topliss-reactive ketones (excluding diaryl/α,β-unsaturated/α-hetero) is 1. The van der Waals surface area contributed by atoms with Crippen LogP contribution in [0.3, 0.4) is 0 Å². The molecule has 1 N–H and O–H groups in total. The van der Waals surface area contributed by atoms with Gasteiger partial charge in [-0.1, -0.05) is 45.0 Å². The van der Waals surface area contributed by atoms with Crippen molar-refractivity contribution >= 4 is 17.4 Å². The maximum atomic E-state index is 13.2. The summed E-state index contributed by atoms with van der Waals surface area (Å²) in [5.41, 5.74) is 3.41. The van der Waals surface area contributed by atoms with Gasteiger partial charge >= 0.3 is 0 Å². The summed E-state index contributed by atoms with van der Waals surface area (Å²) in [5.74, 6) is -0.704. The molecule has 0 bridgehead atoms. The normalized spacial score (nSPS) is 17.8. The van der Waals surface area contributed by atoms with Crippen molar-refractivity contribution in [2.24, 2.45) is 0 Å². The molecule has 1 aliphatic rings. The summed E-state index contributed by atoms with van der Waals surface area (Å²) in [7, 11) is 1.58. The largest absolute Gasteiger partial charge is 0.507 e. The number of carbonyl (C=O) groups excluding carboxylic acids is 2. The molecular weight excluding hydrogens is 416 g/mol.